The van der Waals surface area contributed by atoms with Crippen LogP contribution in [0, 0.1) is 0 Å². The molecule has 0 fully saturated rings. The molecule has 0 unspecified atom stereocenters. The summed E-state index contributed by atoms with van der Waals surface area (Å²) < 4.78 is 3.71. The minimum Gasteiger partial charge on any atom is -0.311 e. The molecule has 1 amide bonds. The van der Waals surface area contributed by atoms with Gasteiger partial charge in [0, 0.05) is 42.8 Å². The molecule has 0 bridgehead atoms. The summed E-state index contributed by atoms with van der Waals surface area (Å²) in [5, 5.41) is 12.1. The Bertz CT molecular complexity index is 979. The van der Waals surface area contributed by atoms with Gasteiger partial charge in [-0.3, -0.25) is 14.2 Å². The van der Waals surface area contributed by atoms with Crippen LogP contribution < -0.4 is 5.32 Å². The number of carbonyl (C=O) groups is 1. The average molecular weight is 363 g/mol. The van der Waals surface area contributed by atoms with Crippen molar-refractivity contribution in [2.45, 2.75) is 45.1 Å². The lowest BCUT2D eigenvalue weighted by atomic mass is 9.78. The van der Waals surface area contributed by atoms with Crippen molar-refractivity contribution in [2.24, 2.45) is 7.05 Å². The van der Waals surface area contributed by atoms with Gasteiger partial charge in [-0.05, 0) is 17.2 Å². The van der Waals surface area contributed by atoms with Crippen LogP contribution in [0.15, 0.2) is 42.7 Å². The Labute approximate surface area is 159 Å². The van der Waals surface area contributed by atoms with Gasteiger partial charge in [-0.15, -0.1) is 0 Å². The molecule has 2 aromatic heterocycles. The van der Waals surface area contributed by atoms with E-state index >= 15 is 0 Å². The number of nitrogens with one attached hydrogen (secondary N) is 1. The van der Waals surface area contributed by atoms with Crippen molar-refractivity contribution < 1.29 is 4.79 Å². The van der Waals surface area contributed by atoms with Crippen LogP contribution in [0.4, 0.5) is 5.82 Å². The molecule has 1 aliphatic heterocycles. The van der Waals surface area contributed by atoms with Gasteiger partial charge in [0.15, 0.2) is 0 Å². The summed E-state index contributed by atoms with van der Waals surface area (Å²) in [6, 6.07) is 10.3. The predicted molar refractivity (Wildman–Crippen MR) is 105 cm³/mol. The van der Waals surface area contributed by atoms with Crippen LogP contribution in [-0.2, 0) is 23.8 Å². The van der Waals surface area contributed by atoms with Crippen LogP contribution in [0.5, 0.6) is 0 Å². The summed E-state index contributed by atoms with van der Waals surface area (Å²) in [5.41, 5.74) is 4.41. The van der Waals surface area contributed by atoms with Gasteiger partial charge in [0.1, 0.15) is 5.82 Å². The summed E-state index contributed by atoms with van der Waals surface area (Å²) in [7, 11) is 1.90. The third-order valence-corrected chi connectivity index (χ3v) is 5.11. The Balaban J connectivity index is 1.86. The average Bonchev–Trinajstić information content (AvgIpc) is 3.23. The van der Waals surface area contributed by atoms with Gasteiger partial charge in [0.2, 0.25) is 5.91 Å². The molecule has 3 aromatic rings. The number of amides is 1. The zero-order chi connectivity index (χ0) is 19.2. The van der Waals surface area contributed by atoms with Crippen molar-refractivity contribution in [3.8, 4) is 0 Å². The first-order chi connectivity index (χ1) is 12.8. The molecule has 1 N–H and O–H groups in total. The maximum Gasteiger partial charge on any atom is 0.226 e. The van der Waals surface area contributed by atoms with E-state index in [4.69, 9.17) is 5.10 Å². The van der Waals surface area contributed by atoms with Crippen LogP contribution in [0.1, 0.15) is 55.5 Å². The largest absolute Gasteiger partial charge is 0.311 e. The van der Waals surface area contributed by atoms with E-state index in [1.807, 2.05) is 36.1 Å². The number of hydrogen-bond acceptors (Lipinski definition) is 3. The third kappa shape index (κ3) is 3.16. The number of benzene rings is 1. The second-order valence-electron chi connectivity index (χ2n) is 8.19. The van der Waals surface area contributed by atoms with Crippen LogP contribution >= 0.6 is 0 Å². The minimum atomic E-state index is -0.109. The predicted octanol–water partition coefficient (Wildman–Crippen LogP) is 3.44. The first kappa shape index (κ1) is 17.5. The lowest BCUT2D eigenvalue weighted by Gasteiger charge is -2.28. The summed E-state index contributed by atoms with van der Waals surface area (Å²) in [6.07, 6.45) is 4.17. The van der Waals surface area contributed by atoms with Gasteiger partial charge < -0.3 is 5.32 Å². The van der Waals surface area contributed by atoms with E-state index in [0.717, 1.165) is 17.1 Å². The zero-order valence-electron chi connectivity index (χ0n) is 16.2. The van der Waals surface area contributed by atoms with Crippen molar-refractivity contribution in [1.29, 1.82) is 0 Å². The molecule has 4 rings (SSSR count). The molecule has 1 aliphatic rings. The van der Waals surface area contributed by atoms with E-state index in [1.165, 1.54) is 11.1 Å². The summed E-state index contributed by atoms with van der Waals surface area (Å²) in [6.45, 7) is 7.18. The quantitative estimate of drug-likeness (QED) is 0.775. The molecule has 3 heterocycles. The van der Waals surface area contributed by atoms with Gasteiger partial charge in [-0.25, -0.2) is 0 Å². The van der Waals surface area contributed by atoms with Gasteiger partial charge in [-0.1, -0.05) is 45.0 Å². The van der Waals surface area contributed by atoms with Crippen LogP contribution in [-0.4, -0.2) is 25.5 Å². The maximum absolute atomic E-state index is 12.5. The Morgan fingerprint density at radius 3 is 2.70 bits per heavy atom. The van der Waals surface area contributed by atoms with E-state index in [1.54, 1.807) is 10.9 Å². The number of hydrogen-bond donors (Lipinski definition) is 1. The van der Waals surface area contributed by atoms with E-state index < -0.39 is 0 Å². The standard InChI is InChI=1S/C21H25N5O/c1-21(2,3)19-18-16(12-17(27)23-20(18)25(4)24-19)15-9-6-5-8-14(15)13-26-11-7-10-22-26/h5-11,16H,12-13H2,1-4H3,(H,23,27)/t16-/m0/s1. The number of aromatic nitrogens is 4. The van der Waals surface area contributed by atoms with E-state index in [0.29, 0.717) is 13.0 Å². The van der Waals surface area contributed by atoms with Gasteiger partial charge in [0.05, 0.1) is 12.2 Å². The van der Waals surface area contributed by atoms with Crippen molar-refractivity contribution in [3.63, 3.8) is 0 Å². The molecule has 0 saturated carbocycles. The topological polar surface area (TPSA) is 64.7 Å². The SMILES string of the molecule is Cn1nc(C(C)(C)C)c2c1NC(=O)C[C@H]2c1ccccc1Cn1cccn1. The zero-order valence-corrected chi connectivity index (χ0v) is 16.2. The Morgan fingerprint density at radius 2 is 2.00 bits per heavy atom. The summed E-state index contributed by atoms with van der Waals surface area (Å²) in [5.74, 6) is 0.836. The maximum atomic E-state index is 12.5. The molecule has 140 valence electrons. The van der Waals surface area contributed by atoms with Crippen molar-refractivity contribution >= 4 is 11.7 Å². The normalized spacial score (nSPS) is 16.9. The number of fused-ring (bicyclic) bond motifs is 1. The number of carbonyl (C=O) groups excluding carboxylic acids is 1. The molecule has 0 saturated heterocycles. The lowest BCUT2D eigenvalue weighted by molar-refractivity contribution is -0.116. The highest BCUT2D eigenvalue weighted by Crippen LogP contribution is 2.43. The molecule has 6 heteroatoms. The highest BCUT2D eigenvalue weighted by molar-refractivity contribution is 5.94. The van der Waals surface area contributed by atoms with Crippen LogP contribution in [0.3, 0.4) is 0 Å². The Morgan fingerprint density at radius 1 is 1.22 bits per heavy atom. The Kier molecular flexibility index (Phi) is 4.13. The number of aryl methyl sites for hydroxylation is 1. The third-order valence-electron chi connectivity index (χ3n) is 5.11. The lowest BCUT2D eigenvalue weighted by Crippen LogP contribution is -2.27. The summed E-state index contributed by atoms with van der Waals surface area (Å²) >= 11 is 0. The van der Waals surface area contributed by atoms with E-state index in [9.17, 15) is 4.79 Å². The van der Waals surface area contributed by atoms with Crippen LogP contribution in [0.25, 0.3) is 0 Å². The minimum absolute atomic E-state index is 0.0107. The molecule has 0 aliphatic carbocycles. The molecule has 6 nitrogen and oxygen atoms in total. The van der Waals surface area contributed by atoms with Gasteiger partial charge >= 0.3 is 0 Å². The fourth-order valence-corrected chi connectivity index (χ4v) is 3.90. The van der Waals surface area contributed by atoms with Crippen molar-refractivity contribution in [2.75, 3.05) is 5.32 Å². The van der Waals surface area contributed by atoms with E-state index in [-0.39, 0.29) is 17.2 Å². The van der Waals surface area contributed by atoms with Crippen molar-refractivity contribution in [1.82, 2.24) is 19.6 Å². The fourth-order valence-electron chi connectivity index (χ4n) is 3.90. The number of rotatable bonds is 3. The molecule has 1 atom stereocenters. The molecule has 1 aromatic carbocycles. The molecular weight excluding hydrogens is 338 g/mol. The molecular formula is C21H25N5O. The second-order valence-corrected chi connectivity index (χ2v) is 8.19. The van der Waals surface area contributed by atoms with Gasteiger partial charge in [0.25, 0.3) is 0 Å². The Hall–Kier alpha value is -2.89. The second kappa shape index (κ2) is 6.37. The highest BCUT2D eigenvalue weighted by atomic mass is 16.1. The summed E-state index contributed by atoms with van der Waals surface area (Å²) in [4.78, 5) is 12.5. The fraction of sp³-hybridized carbons (Fsp3) is 0.381. The van der Waals surface area contributed by atoms with Crippen LogP contribution in [0.2, 0.25) is 0 Å². The monoisotopic (exact) mass is 363 g/mol. The molecule has 27 heavy (non-hydrogen) atoms. The smallest absolute Gasteiger partial charge is 0.226 e. The molecule has 0 spiro atoms. The first-order valence-electron chi connectivity index (χ1n) is 9.27. The molecule has 0 radical (unpaired) electrons. The van der Waals surface area contributed by atoms with Crippen molar-refractivity contribution in [3.05, 3.63) is 65.1 Å². The first-order valence-corrected chi connectivity index (χ1v) is 9.27. The van der Waals surface area contributed by atoms with Gasteiger partial charge in [-0.2, -0.15) is 10.2 Å². The number of anilines is 1. The van der Waals surface area contributed by atoms with E-state index in [2.05, 4.69) is 43.3 Å². The highest BCUT2D eigenvalue weighted by Gasteiger charge is 2.37. The number of nitrogens with zero attached hydrogens (tertiary/aromatic N) is 4.